The van der Waals surface area contributed by atoms with Crippen LogP contribution >= 0.6 is 34.4 Å². The van der Waals surface area contributed by atoms with Gasteiger partial charge in [-0.2, -0.15) is 11.8 Å². The Bertz CT molecular complexity index is 870. The Kier molecular flexibility index (Phi) is 5.69. The Labute approximate surface area is 165 Å². The normalized spacial score (nSPS) is 15.1. The molecule has 1 N–H and O–H groups in total. The van der Waals surface area contributed by atoms with E-state index >= 15 is 0 Å². The molecule has 0 radical (unpaired) electrons. The number of rotatable bonds is 5. The van der Waals surface area contributed by atoms with Crippen molar-refractivity contribution in [3.8, 4) is 9.88 Å². The Morgan fingerprint density at radius 3 is 2.88 bits per heavy atom. The van der Waals surface area contributed by atoms with Crippen molar-refractivity contribution >= 4 is 46.0 Å². The van der Waals surface area contributed by atoms with Crippen LogP contribution in [-0.4, -0.2) is 40.4 Å². The van der Waals surface area contributed by atoms with Gasteiger partial charge in [0, 0.05) is 36.8 Å². The second kappa shape index (κ2) is 8.35. The van der Waals surface area contributed by atoms with E-state index in [1.54, 1.807) is 17.5 Å². The molecule has 0 bridgehead atoms. The fourth-order valence-electron chi connectivity index (χ4n) is 2.85. The third kappa shape index (κ3) is 4.35. The monoisotopic (exact) mass is 401 g/mol. The van der Waals surface area contributed by atoms with Crippen LogP contribution in [0, 0.1) is 0 Å². The van der Waals surface area contributed by atoms with Crippen molar-refractivity contribution in [3.63, 3.8) is 0 Å². The van der Waals surface area contributed by atoms with Crippen LogP contribution < -0.4 is 5.32 Å². The van der Waals surface area contributed by atoms with Crippen LogP contribution in [-0.2, 0) is 6.54 Å². The smallest absolute Gasteiger partial charge is 0.267 e. The van der Waals surface area contributed by atoms with E-state index in [1.807, 2.05) is 41.4 Å². The molecule has 4 nitrogen and oxygen atoms in total. The maximum absolute atomic E-state index is 12.5. The first-order valence-corrected chi connectivity index (χ1v) is 11.3. The minimum absolute atomic E-state index is 0.100. The summed E-state index contributed by atoms with van der Waals surface area (Å²) in [6.07, 6.45) is 1.66. The van der Waals surface area contributed by atoms with E-state index < -0.39 is 0 Å². The van der Waals surface area contributed by atoms with Crippen LogP contribution in [0.1, 0.15) is 15.2 Å². The Morgan fingerprint density at radius 2 is 2.08 bits per heavy atom. The predicted molar refractivity (Wildman–Crippen MR) is 112 cm³/mol. The fourth-order valence-corrected chi connectivity index (χ4v) is 5.44. The number of amides is 1. The maximum atomic E-state index is 12.5. The van der Waals surface area contributed by atoms with Gasteiger partial charge in [0.15, 0.2) is 0 Å². The summed E-state index contributed by atoms with van der Waals surface area (Å²) in [5.74, 6) is 2.31. The zero-order valence-corrected chi connectivity index (χ0v) is 16.6. The standard InChI is InChI=1S/C19H19N3OS3/c23-18(17-12-20-19(26-17)16-5-2-8-25-16)21-15-4-1-3-14(11-15)13-22-6-9-24-10-7-22/h1-5,8,11-12H,6-7,9-10,13H2,(H,21,23). The van der Waals surface area contributed by atoms with Crippen LogP contribution in [0.15, 0.2) is 48.0 Å². The molecule has 1 aliphatic heterocycles. The molecule has 3 heterocycles. The lowest BCUT2D eigenvalue weighted by Gasteiger charge is -2.26. The number of thiophene rings is 1. The van der Waals surface area contributed by atoms with Crippen molar-refractivity contribution in [2.24, 2.45) is 0 Å². The first-order valence-electron chi connectivity index (χ1n) is 8.48. The molecule has 2 aromatic heterocycles. The van der Waals surface area contributed by atoms with E-state index in [0.29, 0.717) is 4.88 Å². The predicted octanol–water partition coefficient (Wildman–Crippen LogP) is 4.67. The summed E-state index contributed by atoms with van der Waals surface area (Å²) in [7, 11) is 0. The summed E-state index contributed by atoms with van der Waals surface area (Å²) in [6.45, 7) is 3.20. The lowest BCUT2D eigenvalue weighted by atomic mass is 10.2. The highest BCUT2D eigenvalue weighted by molar-refractivity contribution is 7.99. The molecular formula is C19H19N3OS3. The molecule has 26 heavy (non-hydrogen) atoms. The van der Waals surface area contributed by atoms with E-state index in [2.05, 4.69) is 27.3 Å². The quantitative estimate of drug-likeness (QED) is 0.675. The first-order chi connectivity index (χ1) is 12.8. The Balaban J connectivity index is 1.42. The molecule has 1 saturated heterocycles. The molecule has 4 rings (SSSR count). The molecule has 0 atom stereocenters. The third-order valence-corrected chi connectivity index (χ3v) is 7.13. The van der Waals surface area contributed by atoms with Crippen molar-refractivity contribution < 1.29 is 4.79 Å². The number of hydrogen-bond acceptors (Lipinski definition) is 6. The zero-order chi connectivity index (χ0) is 17.8. The molecular weight excluding hydrogens is 382 g/mol. The molecule has 7 heteroatoms. The molecule has 0 spiro atoms. The molecule has 0 aliphatic carbocycles. The van der Waals surface area contributed by atoms with E-state index in [4.69, 9.17) is 0 Å². The van der Waals surface area contributed by atoms with Gasteiger partial charge in [-0.25, -0.2) is 4.98 Å². The number of nitrogens with one attached hydrogen (secondary N) is 1. The topological polar surface area (TPSA) is 45.2 Å². The van der Waals surface area contributed by atoms with Gasteiger partial charge in [-0.3, -0.25) is 9.69 Å². The Hall–Kier alpha value is -1.67. The second-order valence-corrected chi connectivity index (χ2v) is 9.25. The highest BCUT2D eigenvalue weighted by Gasteiger charge is 2.14. The number of carbonyl (C=O) groups excluding carboxylic acids is 1. The van der Waals surface area contributed by atoms with Gasteiger partial charge in [-0.1, -0.05) is 18.2 Å². The van der Waals surface area contributed by atoms with Gasteiger partial charge in [-0.05, 0) is 29.1 Å². The van der Waals surface area contributed by atoms with Gasteiger partial charge >= 0.3 is 0 Å². The molecule has 0 saturated carbocycles. The first kappa shape index (κ1) is 17.7. The molecule has 1 aromatic carbocycles. The minimum atomic E-state index is -0.100. The molecule has 134 valence electrons. The summed E-state index contributed by atoms with van der Waals surface area (Å²) in [5.41, 5.74) is 2.07. The average molecular weight is 402 g/mol. The average Bonchev–Trinajstić information content (AvgIpc) is 3.34. The van der Waals surface area contributed by atoms with Crippen LogP contribution in [0.2, 0.25) is 0 Å². The molecule has 1 amide bonds. The number of aromatic nitrogens is 1. The van der Waals surface area contributed by atoms with E-state index in [1.165, 1.54) is 28.4 Å². The van der Waals surface area contributed by atoms with Crippen molar-refractivity contribution in [2.45, 2.75) is 6.54 Å². The van der Waals surface area contributed by atoms with Crippen LogP contribution in [0.4, 0.5) is 5.69 Å². The summed E-state index contributed by atoms with van der Waals surface area (Å²) >= 11 is 5.08. The molecule has 1 aliphatic rings. The van der Waals surface area contributed by atoms with Crippen LogP contribution in [0.5, 0.6) is 0 Å². The maximum Gasteiger partial charge on any atom is 0.267 e. The second-order valence-electron chi connectivity index (χ2n) is 6.05. The zero-order valence-electron chi connectivity index (χ0n) is 14.2. The minimum Gasteiger partial charge on any atom is -0.321 e. The molecule has 3 aromatic rings. The van der Waals surface area contributed by atoms with Gasteiger partial charge in [0.25, 0.3) is 5.91 Å². The van der Waals surface area contributed by atoms with E-state index in [-0.39, 0.29) is 5.91 Å². The van der Waals surface area contributed by atoms with E-state index in [9.17, 15) is 4.79 Å². The molecule has 0 unspecified atom stereocenters. The lowest BCUT2D eigenvalue weighted by molar-refractivity contribution is 0.103. The number of thioether (sulfide) groups is 1. The summed E-state index contributed by atoms with van der Waals surface area (Å²) < 4.78 is 0. The third-order valence-electron chi connectivity index (χ3n) is 4.16. The number of nitrogens with zero attached hydrogens (tertiary/aromatic N) is 2. The summed E-state index contributed by atoms with van der Waals surface area (Å²) in [6, 6.07) is 12.2. The number of carbonyl (C=O) groups is 1. The highest BCUT2D eigenvalue weighted by atomic mass is 32.2. The summed E-state index contributed by atoms with van der Waals surface area (Å²) in [4.78, 5) is 21.1. The number of anilines is 1. The van der Waals surface area contributed by atoms with Gasteiger partial charge in [0.2, 0.25) is 0 Å². The number of hydrogen-bond donors (Lipinski definition) is 1. The largest absolute Gasteiger partial charge is 0.321 e. The van der Waals surface area contributed by atoms with Crippen molar-refractivity contribution in [1.29, 1.82) is 0 Å². The number of thiazole rings is 1. The lowest BCUT2D eigenvalue weighted by Crippen LogP contribution is -2.31. The van der Waals surface area contributed by atoms with Crippen molar-refractivity contribution in [1.82, 2.24) is 9.88 Å². The fraction of sp³-hybridized carbons (Fsp3) is 0.263. The molecule has 1 fully saturated rings. The van der Waals surface area contributed by atoms with Crippen LogP contribution in [0.25, 0.3) is 9.88 Å². The Morgan fingerprint density at radius 1 is 1.19 bits per heavy atom. The summed E-state index contributed by atoms with van der Waals surface area (Å²) in [5, 5.41) is 5.91. The highest BCUT2D eigenvalue weighted by Crippen LogP contribution is 2.29. The SMILES string of the molecule is O=C(Nc1cccc(CN2CCSCC2)c1)c1cnc(-c2cccs2)s1. The van der Waals surface area contributed by atoms with Gasteiger partial charge in [0.1, 0.15) is 9.88 Å². The van der Waals surface area contributed by atoms with Crippen LogP contribution in [0.3, 0.4) is 0 Å². The van der Waals surface area contributed by atoms with Gasteiger partial charge in [-0.15, -0.1) is 22.7 Å². The van der Waals surface area contributed by atoms with Gasteiger partial charge in [0.05, 0.1) is 11.1 Å². The van der Waals surface area contributed by atoms with Gasteiger partial charge < -0.3 is 5.32 Å². The van der Waals surface area contributed by atoms with Crippen molar-refractivity contribution in [2.75, 3.05) is 29.9 Å². The van der Waals surface area contributed by atoms with E-state index in [0.717, 1.165) is 35.2 Å². The number of benzene rings is 1. The van der Waals surface area contributed by atoms with Crippen molar-refractivity contribution in [3.05, 3.63) is 58.4 Å².